The molecular formula is C12H18ClN5. The van der Waals surface area contributed by atoms with E-state index < -0.39 is 0 Å². The lowest BCUT2D eigenvalue weighted by molar-refractivity contribution is 0.622. The third-order valence-corrected chi connectivity index (χ3v) is 3.70. The highest BCUT2D eigenvalue weighted by molar-refractivity contribution is 6.31. The Morgan fingerprint density at radius 1 is 1.22 bits per heavy atom. The van der Waals surface area contributed by atoms with Crippen molar-refractivity contribution in [1.29, 1.82) is 0 Å². The van der Waals surface area contributed by atoms with Crippen LogP contribution in [0.4, 0.5) is 0 Å². The molecular weight excluding hydrogens is 250 g/mol. The number of hydrogen-bond acceptors (Lipinski definition) is 3. The number of halogens is 1. The van der Waals surface area contributed by atoms with Crippen molar-refractivity contribution in [2.24, 2.45) is 14.1 Å². The van der Waals surface area contributed by atoms with Gasteiger partial charge < -0.3 is 5.32 Å². The molecule has 0 aliphatic rings. The predicted octanol–water partition coefficient (Wildman–Crippen LogP) is 1.71. The molecule has 0 radical (unpaired) electrons. The van der Waals surface area contributed by atoms with Crippen LogP contribution < -0.4 is 5.32 Å². The standard InChI is InChI=1S/C12H18ClN5/c1-8-12(13)11(18(4)16-8)7-14-5-10-6-15-17(3)9(10)2/h6,14H,5,7H2,1-4H3. The van der Waals surface area contributed by atoms with E-state index in [1.165, 1.54) is 11.3 Å². The monoisotopic (exact) mass is 267 g/mol. The molecule has 0 bridgehead atoms. The van der Waals surface area contributed by atoms with Crippen LogP contribution in [0.25, 0.3) is 0 Å². The first-order valence-corrected chi connectivity index (χ1v) is 6.24. The fourth-order valence-electron chi connectivity index (χ4n) is 1.91. The number of nitrogens with one attached hydrogen (secondary N) is 1. The van der Waals surface area contributed by atoms with Gasteiger partial charge in [0.2, 0.25) is 0 Å². The van der Waals surface area contributed by atoms with E-state index in [0.29, 0.717) is 6.54 Å². The molecule has 2 aromatic heterocycles. The van der Waals surface area contributed by atoms with Crippen molar-refractivity contribution in [3.63, 3.8) is 0 Å². The molecule has 98 valence electrons. The summed E-state index contributed by atoms with van der Waals surface area (Å²) in [5, 5.41) is 12.6. The first-order valence-electron chi connectivity index (χ1n) is 5.87. The fraction of sp³-hybridized carbons (Fsp3) is 0.500. The number of hydrogen-bond donors (Lipinski definition) is 1. The van der Waals surface area contributed by atoms with Crippen molar-refractivity contribution in [3.05, 3.63) is 33.9 Å². The SMILES string of the molecule is Cc1nn(C)c(CNCc2cnn(C)c2C)c1Cl. The molecule has 0 spiro atoms. The van der Waals surface area contributed by atoms with Crippen molar-refractivity contribution in [2.75, 3.05) is 0 Å². The van der Waals surface area contributed by atoms with E-state index in [1.807, 2.05) is 36.6 Å². The molecule has 0 aromatic carbocycles. The summed E-state index contributed by atoms with van der Waals surface area (Å²) in [7, 11) is 3.85. The van der Waals surface area contributed by atoms with E-state index in [9.17, 15) is 0 Å². The van der Waals surface area contributed by atoms with Crippen molar-refractivity contribution < 1.29 is 0 Å². The van der Waals surface area contributed by atoms with Gasteiger partial charge in [0.25, 0.3) is 0 Å². The number of rotatable bonds is 4. The quantitative estimate of drug-likeness (QED) is 0.918. The molecule has 2 aromatic rings. The molecule has 5 nitrogen and oxygen atoms in total. The highest BCUT2D eigenvalue weighted by atomic mass is 35.5. The van der Waals surface area contributed by atoms with Crippen LogP contribution >= 0.6 is 11.6 Å². The Kier molecular flexibility index (Phi) is 3.73. The second-order valence-corrected chi connectivity index (χ2v) is 4.83. The zero-order valence-electron chi connectivity index (χ0n) is 11.2. The van der Waals surface area contributed by atoms with Crippen LogP contribution in [0, 0.1) is 13.8 Å². The lowest BCUT2D eigenvalue weighted by Crippen LogP contribution is -2.16. The second kappa shape index (κ2) is 5.12. The van der Waals surface area contributed by atoms with E-state index in [0.717, 1.165) is 23.0 Å². The summed E-state index contributed by atoms with van der Waals surface area (Å²) in [5.41, 5.74) is 4.26. The topological polar surface area (TPSA) is 47.7 Å². The highest BCUT2D eigenvalue weighted by Gasteiger charge is 2.10. The molecule has 1 N–H and O–H groups in total. The molecule has 2 heterocycles. The van der Waals surface area contributed by atoms with Gasteiger partial charge in [-0.1, -0.05) is 11.6 Å². The lowest BCUT2D eigenvalue weighted by Gasteiger charge is -2.05. The van der Waals surface area contributed by atoms with Gasteiger partial charge in [-0.05, 0) is 13.8 Å². The van der Waals surface area contributed by atoms with E-state index in [2.05, 4.69) is 22.4 Å². The van der Waals surface area contributed by atoms with Gasteiger partial charge in [-0.2, -0.15) is 10.2 Å². The summed E-state index contributed by atoms with van der Waals surface area (Å²) in [5.74, 6) is 0. The first-order chi connectivity index (χ1) is 8.50. The van der Waals surface area contributed by atoms with Gasteiger partial charge in [0, 0.05) is 38.4 Å². The molecule has 0 fully saturated rings. The van der Waals surface area contributed by atoms with Gasteiger partial charge in [-0.15, -0.1) is 0 Å². The molecule has 0 saturated heterocycles. The van der Waals surface area contributed by atoms with Gasteiger partial charge >= 0.3 is 0 Å². The number of aryl methyl sites for hydroxylation is 3. The van der Waals surface area contributed by atoms with Crippen molar-refractivity contribution in [2.45, 2.75) is 26.9 Å². The average Bonchev–Trinajstić information content (AvgIpc) is 2.76. The summed E-state index contributed by atoms with van der Waals surface area (Å²) in [4.78, 5) is 0. The number of aromatic nitrogens is 4. The van der Waals surface area contributed by atoms with Gasteiger partial charge in [-0.3, -0.25) is 9.36 Å². The van der Waals surface area contributed by atoms with E-state index in [1.54, 1.807) is 0 Å². The summed E-state index contributed by atoms with van der Waals surface area (Å²) < 4.78 is 3.69. The minimum Gasteiger partial charge on any atom is -0.307 e. The molecule has 0 amide bonds. The van der Waals surface area contributed by atoms with Gasteiger partial charge in [0.1, 0.15) is 0 Å². The highest BCUT2D eigenvalue weighted by Crippen LogP contribution is 2.19. The molecule has 0 atom stereocenters. The van der Waals surface area contributed by atoms with Crippen LogP contribution in [0.2, 0.25) is 5.02 Å². The van der Waals surface area contributed by atoms with E-state index in [-0.39, 0.29) is 0 Å². The zero-order chi connectivity index (χ0) is 13.3. The lowest BCUT2D eigenvalue weighted by atomic mass is 10.2. The average molecular weight is 268 g/mol. The molecule has 0 unspecified atom stereocenters. The molecule has 18 heavy (non-hydrogen) atoms. The minimum absolute atomic E-state index is 0.699. The summed E-state index contributed by atoms with van der Waals surface area (Å²) in [6.45, 7) is 5.45. The fourth-order valence-corrected chi connectivity index (χ4v) is 2.13. The second-order valence-electron chi connectivity index (χ2n) is 4.45. The van der Waals surface area contributed by atoms with Crippen LogP contribution in [0.3, 0.4) is 0 Å². The van der Waals surface area contributed by atoms with Gasteiger partial charge in [-0.25, -0.2) is 0 Å². The van der Waals surface area contributed by atoms with E-state index >= 15 is 0 Å². The minimum atomic E-state index is 0.699. The Labute approximate surface area is 112 Å². The van der Waals surface area contributed by atoms with Crippen molar-refractivity contribution in [1.82, 2.24) is 24.9 Å². The summed E-state index contributed by atoms with van der Waals surface area (Å²) in [6, 6.07) is 0. The molecule has 6 heteroatoms. The molecule has 0 saturated carbocycles. The van der Waals surface area contributed by atoms with Gasteiger partial charge in [0.05, 0.1) is 22.6 Å². The maximum atomic E-state index is 6.19. The van der Waals surface area contributed by atoms with Crippen LogP contribution in [0.5, 0.6) is 0 Å². The molecule has 0 aliphatic carbocycles. The predicted molar refractivity (Wildman–Crippen MR) is 71.4 cm³/mol. The van der Waals surface area contributed by atoms with Gasteiger partial charge in [0.15, 0.2) is 0 Å². The first kappa shape index (κ1) is 13.1. The van der Waals surface area contributed by atoms with Crippen LogP contribution in [-0.4, -0.2) is 19.6 Å². The Morgan fingerprint density at radius 2 is 1.94 bits per heavy atom. The Bertz CT molecular complexity index is 555. The smallest absolute Gasteiger partial charge is 0.0860 e. The Balaban J connectivity index is 1.98. The van der Waals surface area contributed by atoms with Crippen LogP contribution in [0.15, 0.2) is 6.20 Å². The molecule has 2 rings (SSSR count). The normalized spacial score (nSPS) is 11.2. The van der Waals surface area contributed by atoms with Crippen molar-refractivity contribution in [3.8, 4) is 0 Å². The molecule has 0 aliphatic heterocycles. The largest absolute Gasteiger partial charge is 0.307 e. The maximum Gasteiger partial charge on any atom is 0.0860 e. The van der Waals surface area contributed by atoms with Crippen molar-refractivity contribution >= 4 is 11.6 Å². The maximum absolute atomic E-state index is 6.19. The zero-order valence-corrected chi connectivity index (χ0v) is 11.9. The third-order valence-electron chi connectivity index (χ3n) is 3.21. The Hall–Kier alpha value is -1.33. The Morgan fingerprint density at radius 3 is 2.44 bits per heavy atom. The summed E-state index contributed by atoms with van der Waals surface area (Å²) >= 11 is 6.19. The number of nitrogens with zero attached hydrogens (tertiary/aromatic N) is 4. The van der Waals surface area contributed by atoms with Crippen LogP contribution in [-0.2, 0) is 27.2 Å². The third kappa shape index (κ3) is 2.42. The summed E-state index contributed by atoms with van der Waals surface area (Å²) in [6.07, 6.45) is 1.89. The van der Waals surface area contributed by atoms with Crippen LogP contribution in [0.1, 0.15) is 22.6 Å². The van der Waals surface area contributed by atoms with E-state index in [4.69, 9.17) is 11.6 Å².